The van der Waals surface area contributed by atoms with E-state index in [4.69, 9.17) is 9.47 Å². The lowest BCUT2D eigenvalue weighted by Gasteiger charge is -2.28. The van der Waals surface area contributed by atoms with E-state index in [0.29, 0.717) is 11.5 Å². The third-order valence-corrected chi connectivity index (χ3v) is 9.59. The lowest BCUT2D eigenvalue weighted by molar-refractivity contribution is 0.345. The molecule has 0 aromatic heterocycles. The number of sulfone groups is 2. The van der Waals surface area contributed by atoms with Crippen LogP contribution in [-0.4, -0.2) is 59.9 Å². The van der Waals surface area contributed by atoms with Crippen LogP contribution in [0.2, 0.25) is 0 Å². The Labute approximate surface area is 161 Å². The second-order valence-electron chi connectivity index (χ2n) is 7.29. The fourth-order valence-electron chi connectivity index (χ4n) is 4.02. The van der Waals surface area contributed by atoms with Gasteiger partial charge in [0.1, 0.15) is 0 Å². The zero-order valence-electron chi connectivity index (χ0n) is 15.7. The third kappa shape index (κ3) is 4.41. The van der Waals surface area contributed by atoms with Crippen molar-refractivity contribution < 1.29 is 26.3 Å². The second-order valence-corrected chi connectivity index (χ2v) is 11.6. The maximum atomic E-state index is 13.2. The standard InChI is InChI=1S/C18H27NO6S2/c1-24-16-9-8-14(10-17(16)25-2)27(22,23)18-12-26(20,21)11-15(18)19-13-6-4-3-5-7-13/h8-10,13,15,18-19H,3-7,11-12H2,1-2H3/t15-,18-/m0/s1. The molecule has 0 unspecified atom stereocenters. The number of rotatable bonds is 6. The van der Waals surface area contributed by atoms with Crippen LogP contribution in [0.4, 0.5) is 0 Å². The summed E-state index contributed by atoms with van der Waals surface area (Å²) in [7, 11) is -4.35. The van der Waals surface area contributed by atoms with Crippen molar-refractivity contribution in [2.24, 2.45) is 0 Å². The van der Waals surface area contributed by atoms with Crippen molar-refractivity contribution in [3.8, 4) is 11.5 Å². The van der Waals surface area contributed by atoms with Crippen molar-refractivity contribution in [2.45, 2.75) is 54.3 Å². The Balaban J connectivity index is 1.90. The molecule has 1 aliphatic carbocycles. The summed E-state index contributed by atoms with van der Waals surface area (Å²) < 4.78 is 61.3. The molecule has 1 saturated heterocycles. The van der Waals surface area contributed by atoms with Gasteiger partial charge in [0.05, 0.1) is 35.9 Å². The fourth-order valence-corrected chi connectivity index (χ4v) is 8.71. The van der Waals surface area contributed by atoms with Crippen molar-refractivity contribution in [2.75, 3.05) is 25.7 Å². The maximum absolute atomic E-state index is 13.2. The zero-order chi connectivity index (χ0) is 19.7. The van der Waals surface area contributed by atoms with Crippen molar-refractivity contribution in [1.29, 1.82) is 0 Å². The highest BCUT2D eigenvalue weighted by Gasteiger charge is 2.46. The number of ether oxygens (including phenoxy) is 2. The second kappa shape index (κ2) is 7.97. The summed E-state index contributed by atoms with van der Waals surface area (Å²) in [5, 5.41) is 2.34. The number of methoxy groups -OCH3 is 2. The number of benzene rings is 1. The molecular weight excluding hydrogens is 390 g/mol. The summed E-state index contributed by atoms with van der Waals surface area (Å²) in [6, 6.07) is 3.96. The molecule has 1 aliphatic heterocycles. The van der Waals surface area contributed by atoms with Crippen molar-refractivity contribution in [1.82, 2.24) is 5.32 Å². The van der Waals surface area contributed by atoms with Crippen molar-refractivity contribution >= 4 is 19.7 Å². The number of nitrogens with one attached hydrogen (secondary N) is 1. The molecule has 0 amide bonds. The molecule has 1 aromatic carbocycles. The molecular formula is C18H27NO6S2. The number of hydrogen-bond acceptors (Lipinski definition) is 7. The van der Waals surface area contributed by atoms with Gasteiger partial charge in [-0.15, -0.1) is 0 Å². The molecule has 9 heteroatoms. The van der Waals surface area contributed by atoms with Crippen LogP contribution in [0.3, 0.4) is 0 Å². The average molecular weight is 418 g/mol. The van der Waals surface area contributed by atoms with E-state index in [1.54, 1.807) is 0 Å². The quantitative estimate of drug-likeness (QED) is 0.750. The molecule has 2 aliphatic rings. The van der Waals surface area contributed by atoms with Crippen LogP contribution in [0, 0.1) is 0 Å². The van der Waals surface area contributed by atoms with Crippen LogP contribution >= 0.6 is 0 Å². The Kier molecular flexibility index (Phi) is 6.02. The molecule has 2 atom stereocenters. The fraction of sp³-hybridized carbons (Fsp3) is 0.667. The maximum Gasteiger partial charge on any atom is 0.183 e. The first kappa shape index (κ1) is 20.4. The Bertz CT molecular complexity index is 875. The summed E-state index contributed by atoms with van der Waals surface area (Å²) in [6.45, 7) is 0. The Morgan fingerprint density at radius 1 is 1.00 bits per heavy atom. The molecule has 1 saturated carbocycles. The minimum atomic E-state index is -3.84. The highest BCUT2D eigenvalue weighted by Crippen LogP contribution is 2.33. The van der Waals surface area contributed by atoms with Crippen molar-refractivity contribution in [3.05, 3.63) is 18.2 Å². The van der Waals surface area contributed by atoms with Gasteiger partial charge in [0.25, 0.3) is 0 Å². The minimum Gasteiger partial charge on any atom is -0.493 e. The molecule has 152 valence electrons. The SMILES string of the molecule is COc1ccc(S(=O)(=O)[C@H]2CS(=O)(=O)C[C@@H]2NC2CCCCC2)cc1OC. The summed E-state index contributed by atoms with van der Waals surface area (Å²) in [4.78, 5) is 0.0534. The van der Waals surface area contributed by atoms with E-state index in [9.17, 15) is 16.8 Å². The van der Waals surface area contributed by atoms with Gasteiger partial charge < -0.3 is 14.8 Å². The van der Waals surface area contributed by atoms with E-state index in [0.717, 1.165) is 25.7 Å². The molecule has 1 heterocycles. The van der Waals surface area contributed by atoms with Crippen molar-refractivity contribution in [3.63, 3.8) is 0 Å². The zero-order valence-corrected chi connectivity index (χ0v) is 17.3. The molecule has 1 aromatic rings. The van der Waals surface area contributed by atoms with Crippen LogP contribution in [0.25, 0.3) is 0 Å². The summed E-state index contributed by atoms with van der Waals surface area (Å²) in [6.07, 6.45) is 5.27. The van der Waals surface area contributed by atoms with Gasteiger partial charge in [0, 0.05) is 18.2 Å². The van der Waals surface area contributed by atoms with E-state index >= 15 is 0 Å². The number of hydrogen-bond donors (Lipinski definition) is 1. The van der Waals surface area contributed by atoms with Gasteiger partial charge >= 0.3 is 0 Å². The third-order valence-electron chi connectivity index (χ3n) is 5.44. The van der Waals surface area contributed by atoms with Crippen LogP contribution in [0.5, 0.6) is 11.5 Å². The highest BCUT2D eigenvalue weighted by molar-refractivity contribution is 7.96. The van der Waals surface area contributed by atoms with Gasteiger partial charge in [-0.2, -0.15) is 0 Å². The molecule has 27 heavy (non-hydrogen) atoms. The summed E-state index contributed by atoms with van der Waals surface area (Å²) in [5.41, 5.74) is 0. The predicted molar refractivity (Wildman–Crippen MR) is 103 cm³/mol. The Morgan fingerprint density at radius 2 is 1.67 bits per heavy atom. The average Bonchev–Trinajstić information content (AvgIpc) is 2.96. The van der Waals surface area contributed by atoms with Crippen LogP contribution in [-0.2, 0) is 19.7 Å². The van der Waals surface area contributed by atoms with Gasteiger partial charge in [-0.3, -0.25) is 0 Å². The van der Waals surface area contributed by atoms with E-state index in [-0.39, 0.29) is 22.4 Å². The van der Waals surface area contributed by atoms with E-state index in [1.807, 2.05) is 0 Å². The largest absolute Gasteiger partial charge is 0.493 e. The first-order valence-electron chi connectivity index (χ1n) is 9.19. The van der Waals surface area contributed by atoms with Gasteiger partial charge in [-0.1, -0.05) is 19.3 Å². The highest BCUT2D eigenvalue weighted by atomic mass is 32.2. The van der Waals surface area contributed by atoms with Crippen LogP contribution in [0.1, 0.15) is 32.1 Å². The van der Waals surface area contributed by atoms with Gasteiger partial charge in [-0.05, 0) is 25.0 Å². The van der Waals surface area contributed by atoms with E-state index in [2.05, 4.69) is 5.32 Å². The smallest absolute Gasteiger partial charge is 0.183 e. The normalized spacial score (nSPS) is 26.0. The van der Waals surface area contributed by atoms with Crippen LogP contribution in [0.15, 0.2) is 23.1 Å². The van der Waals surface area contributed by atoms with Crippen LogP contribution < -0.4 is 14.8 Å². The van der Waals surface area contributed by atoms with Gasteiger partial charge in [0.2, 0.25) is 0 Å². The van der Waals surface area contributed by atoms with E-state index in [1.165, 1.54) is 38.8 Å². The lowest BCUT2D eigenvalue weighted by Crippen LogP contribution is -2.48. The first-order valence-corrected chi connectivity index (χ1v) is 12.6. The Morgan fingerprint density at radius 3 is 2.30 bits per heavy atom. The molecule has 0 radical (unpaired) electrons. The van der Waals surface area contributed by atoms with E-state index < -0.39 is 31.0 Å². The topological polar surface area (TPSA) is 98.8 Å². The molecule has 2 fully saturated rings. The molecule has 7 nitrogen and oxygen atoms in total. The minimum absolute atomic E-state index is 0.0534. The predicted octanol–water partition coefficient (Wildman–Crippen LogP) is 1.57. The Hall–Kier alpha value is -1.32. The molecule has 1 N–H and O–H groups in total. The molecule has 0 bridgehead atoms. The monoisotopic (exact) mass is 417 g/mol. The summed E-state index contributed by atoms with van der Waals surface area (Å²) in [5.74, 6) is 0.234. The first-order chi connectivity index (χ1) is 12.8. The van der Waals surface area contributed by atoms with Gasteiger partial charge in [-0.25, -0.2) is 16.8 Å². The molecule has 3 rings (SSSR count). The van der Waals surface area contributed by atoms with Gasteiger partial charge in [0.15, 0.2) is 31.2 Å². The molecule has 0 spiro atoms. The lowest BCUT2D eigenvalue weighted by atomic mass is 9.95. The summed E-state index contributed by atoms with van der Waals surface area (Å²) >= 11 is 0.